The number of halogens is 3. The number of aliphatic hydroxyl groups excluding tert-OH is 1. The van der Waals surface area contributed by atoms with Crippen molar-refractivity contribution in [1.82, 2.24) is 5.32 Å². The molecule has 0 saturated heterocycles. The first kappa shape index (κ1) is 17.7. The number of nitro benzene ring substituents is 1. The fourth-order valence-corrected chi connectivity index (χ4v) is 1.49. The zero-order valence-corrected chi connectivity index (χ0v) is 11.2. The molecule has 2 N–H and O–H groups in total. The molecule has 0 spiro atoms. The summed E-state index contributed by atoms with van der Waals surface area (Å²) in [4.78, 5) is 21.8. The van der Waals surface area contributed by atoms with Gasteiger partial charge in [0.1, 0.15) is 11.3 Å². The number of nitrogens with one attached hydrogen (secondary N) is 1. The van der Waals surface area contributed by atoms with E-state index < -0.39 is 34.9 Å². The van der Waals surface area contributed by atoms with Crippen molar-refractivity contribution in [3.8, 4) is 5.75 Å². The van der Waals surface area contributed by atoms with E-state index in [2.05, 4.69) is 10.1 Å². The second-order valence-corrected chi connectivity index (χ2v) is 4.17. The van der Waals surface area contributed by atoms with Gasteiger partial charge in [-0.3, -0.25) is 14.9 Å². The van der Waals surface area contributed by atoms with Crippen LogP contribution in [0.1, 0.15) is 16.8 Å². The summed E-state index contributed by atoms with van der Waals surface area (Å²) in [6.45, 7) is -1.69. The Labute approximate surface area is 122 Å². The molecule has 0 radical (unpaired) electrons. The van der Waals surface area contributed by atoms with Gasteiger partial charge in [0.25, 0.3) is 11.6 Å². The summed E-state index contributed by atoms with van der Waals surface area (Å²) in [6.07, 6.45) is -4.32. The van der Waals surface area contributed by atoms with Crippen molar-refractivity contribution in [2.24, 2.45) is 0 Å². The van der Waals surface area contributed by atoms with E-state index in [0.29, 0.717) is 0 Å². The van der Waals surface area contributed by atoms with E-state index in [1.165, 1.54) is 0 Å². The Kier molecular flexibility index (Phi) is 6.11. The monoisotopic (exact) mass is 322 g/mol. The normalized spacial score (nSPS) is 11.1. The van der Waals surface area contributed by atoms with E-state index in [0.717, 1.165) is 18.2 Å². The Hall–Kier alpha value is -2.36. The number of alkyl halides is 3. The number of hydrogen-bond acceptors (Lipinski definition) is 5. The Morgan fingerprint density at radius 2 is 2.09 bits per heavy atom. The van der Waals surface area contributed by atoms with Crippen molar-refractivity contribution < 1.29 is 32.7 Å². The van der Waals surface area contributed by atoms with Gasteiger partial charge >= 0.3 is 6.18 Å². The van der Waals surface area contributed by atoms with Crippen molar-refractivity contribution in [3.63, 3.8) is 0 Å². The minimum Gasteiger partial charge on any atom is -0.484 e. The average Bonchev–Trinajstić information content (AvgIpc) is 2.44. The van der Waals surface area contributed by atoms with E-state index in [1.807, 2.05) is 0 Å². The molecule has 7 nitrogen and oxygen atoms in total. The van der Waals surface area contributed by atoms with Gasteiger partial charge in [-0.2, -0.15) is 13.2 Å². The van der Waals surface area contributed by atoms with Crippen molar-refractivity contribution in [2.45, 2.75) is 12.6 Å². The number of hydrogen-bond donors (Lipinski definition) is 2. The molecular weight excluding hydrogens is 309 g/mol. The first-order chi connectivity index (χ1) is 10.2. The van der Waals surface area contributed by atoms with Crippen LogP contribution in [0.2, 0.25) is 0 Å². The van der Waals surface area contributed by atoms with Gasteiger partial charge in [-0.05, 0) is 18.6 Å². The van der Waals surface area contributed by atoms with Crippen LogP contribution in [0.5, 0.6) is 5.75 Å². The average molecular weight is 322 g/mol. The van der Waals surface area contributed by atoms with Crippen molar-refractivity contribution in [1.29, 1.82) is 0 Å². The molecule has 0 aromatic heterocycles. The first-order valence-electron chi connectivity index (χ1n) is 6.11. The molecule has 1 amide bonds. The zero-order valence-electron chi connectivity index (χ0n) is 11.2. The second-order valence-electron chi connectivity index (χ2n) is 4.17. The van der Waals surface area contributed by atoms with Crippen LogP contribution in [0.4, 0.5) is 18.9 Å². The Morgan fingerprint density at radius 1 is 1.41 bits per heavy atom. The van der Waals surface area contributed by atoms with Crippen LogP contribution < -0.4 is 10.1 Å². The lowest BCUT2D eigenvalue weighted by Crippen LogP contribution is -2.26. The van der Waals surface area contributed by atoms with Gasteiger partial charge in [-0.1, -0.05) is 0 Å². The Balaban J connectivity index is 2.95. The quantitative estimate of drug-likeness (QED) is 0.451. The minimum absolute atomic E-state index is 0.0696. The predicted octanol–water partition coefficient (Wildman–Crippen LogP) is 1.65. The highest BCUT2D eigenvalue weighted by Crippen LogP contribution is 2.25. The summed E-state index contributed by atoms with van der Waals surface area (Å²) >= 11 is 0. The lowest BCUT2D eigenvalue weighted by atomic mass is 10.1. The predicted molar refractivity (Wildman–Crippen MR) is 68.7 cm³/mol. The molecular formula is C12H13F3N2O5. The van der Waals surface area contributed by atoms with E-state index >= 15 is 0 Å². The molecule has 1 aromatic carbocycles. The number of carbonyl (C=O) groups is 1. The van der Waals surface area contributed by atoms with Crippen molar-refractivity contribution in [2.75, 3.05) is 19.8 Å². The molecule has 0 aliphatic rings. The summed E-state index contributed by atoms with van der Waals surface area (Å²) in [5.41, 5.74) is -0.969. The molecule has 122 valence electrons. The molecule has 0 heterocycles. The molecule has 1 aromatic rings. The summed E-state index contributed by atoms with van der Waals surface area (Å²) < 4.78 is 40.7. The summed E-state index contributed by atoms with van der Waals surface area (Å²) in [5.74, 6) is -1.15. The summed E-state index contributed by atoms with van der Waals surface area (Å²) in [6, 6.07) is 2.75. The van der Waals surface area contributed by atoms with Crippen LogP contribution in [0.15, 0.2) is 18.2 Å². The molecule has 0 aliphatic carbocycles. The third kappa shape index (κ3) is 5.56. The number of rotatable bonds is 7. The van der Waals surface area contributed by atoms with Crippen LogP contribution in [0.3, 0.4) is 0 Å². The summed E-state index contributed by atoms with van der Waals surface area (Å²) in [5, 5.41) is 21.8. The number of carbonyl (C=O) groups excluding carboxylic acids is 1. The van der Waals surface area contributed by atoms with Crippen molar-refractivity contribution in [3.05, 3.63) is 33.9 Å². The largest absolute Gasteiger partial charge is 0.484 e. The molecule has 0 aliphatic heterocycles. The molecule has 1 rings (SSSR count). The van der Waals surface area contributed by atoms with Gasteiger partial charge in [-0.15, -0.1) is 0 Å². The topological polar surface area (TPSA) is 102 Å². The maximum atomic E-state index is 12.1. The van der Waals surface area contributed by atoms with Gasteiger partial charge in [0.15, 0.2) is 6.61 Å². The highest BCUT2D eigenvalue weighted by Gasteiger charge is 2.29. The fraction of sp³-hybridized carbons (Fsp3) is 0.417. The smallest absolute Gasteiger partial charge is 0.422 e. The third-order valence-corrected chi connectivity index (χ3v) is 2.43. The number of aliphatic hydroxyl groups is 1. The molecule has 10 heteroatoms. The maximum Gasteiger partial charge on any atom is 0.422 e. The molecule has 0 unspecified atom stereocenters. The Morgan fingerprint density at radius 3 is 2.64 bits per heavy atom. The Bertz CT molecular complexity index is 548. The SMILES string of the molecule is O=C(NCCCO)c1cc(OCC(F)(F)F)ccc1[N+](=O)[O-]. The summed E-state index contributed by atoms with van der Waals surface area (Å²) in [7, 11) is 0. The van der Waals surface area contributed by atoms with Gasteiger partial charge in [0, 0.05) is 19.2 Å². The highest BCUT2D eigenvalue weighted by molar-refractivity contribution is 5.98. The lowest BCUT2D eigenvalue weighted by molar-refractivity contribution is -0.385. The van der Waals surface area contributed by atoms with Crippen LogP contribution in [0.25, 0.3) is 0 Å². The van der Waals surface area contributed by atoms with Gasteiger partial charge in [-0.25, -0.2) is 0 Å². The van der Waals surface area contributed by atoms with Crippen LogP contribution in [-0.2, 0) is 0 Å². The van der Waals surface area contributed by atoms with Gasteiger partial charge in [0.2, 0.25) is 0 Å². The number of nitro groups is 1. The molecule has 0 bridgehead atoms. The number of ether oxygens (including phenoxy) is 1. The van der Waals surface area contributed by atoms with Crippen LogP contribution >= 0.6 is 0 Å². The van der Waals surface area contributed by atoms with E-state index in [4.69, 9.17) is 5.11 Å². The molecule has 22 heavy (non-hydrogen) atoms. The lowest BCUT2D eigenvalue weighted by Gasteiger charge is -2.10. The van der Waals surface area contributed by atoms with Crippen molar-refractivity contribution >= 4 is 11.6 Å². The fourth-order valence-electron chi connectivity index (χ4n) is 1.49. The minimum atomic E-state index is -4.56. The maximum absolute atomic E-state index is 12.1. The molecule has 0 saturated carbocycles. The zero-order chi connectivity index (χ0) is 16.8. The van der Waals surface area contributed by atoms with E-state index in [9.17, 15) is 28.1 Å². The number of nitrogens with zero attached hydrogens (tertiary/aromatic N) is 1. The van der Waals surface area contributed by atoms with Gasteiger partial charge in [0.05, 0.1) is 4.92 Å². The third-order valence-electron chi connectivity index (χ3n) is 2.43. The first-order valence-corrected chi connectivity index (χ1v) is 6.11. The molecule has 0 fully saturated rings. The number of amides is 1. The van der Waals surface area contributed by atoms with E-state index in [1.54, 1.807) is 0 Å². The second kappa shape index (κ2) is 7.59. The van der Waals surface area contributed by atoms with Gasteiger partial charge < -0.3 is 15.2 Å². The number of benzene rings is 1. The van der Waals surface area contributed by atoms with E-state index in [-0.39, 0.29) is 25.3 Å². The molecule has 0 atom stereocenters. The highest BCUT2D eigenvalue weighted by atomic mass is 19.4. The standard InChI is InChI=1S/C12H13F3N2O5/c13-12(14,15)7-22-8-2-3-10(17(20)21)9(6-8)11(19)16-4-1-5-18/h2-3,6,18H,1,4-5,7H2,(H,16,19). The van der Waals surface area contributed by atoms with Crippen LogP contribution in [-0.4, -0.2) is 41.9 Å². The van der Waals surface area contributed by atoms with Crippen LogP contribution in [0, 0.1) is 10.1 Å².